The highest BCUT2D eigenvalue weighted by Crippen LogP contribution is 2.68. The molecule has 5 fully saturated rings. The molecule has 2 spiro atoms. The van der Waals surface area contributed by atoms with Crippen LogP contribution in [0.25, 0.3) is 17.0 Å². The third-order valence-electron chi connectivity index (χ3n) is 10.5. The normalized spacial score (nSPS) is 37.6. The molecule has 7 heterocycles. The lowest BCUT2D eigenvalue weighted by Gasteiger charge is -2.67. The van der Waals surface area contributed by atoms with Crippen molar-refractivity contribution in [1.82, 2.24) is 20.1 Å². The summed E-state index contributed by atoms with van der Waals surface area (Å²) in [5.74, 6) is 1.18. The summed E-state index contributed by atoms with van der Waals surface area (Å²) in [5.41, 5.74) is 1.52. The van der Waals surface area contributed by atoms with Crippen LogP contribution >= 0.6 is 0 Å². The van der Waals surface area contributed by atoms with Gasteiger partial charge in [0, 0.05) is 40.1 Å². The number of carbonyl (C=O) groups excluding carboxylic acids is 2. The van der Waals surface area contributed by atoms with Gasteiger partial charge in [-0.3, -0.25) is 14.9 Å². The van der Waals surface area contributed by atoms with Gasteiger partial charge in [-0.1, -0.05) is 13.8 Å². The maximum Gasteiger partial charge on any atom is 0.251 e. The van der Waals surface area contributed by atoms with E-state index in [2.05, 4.69) is 76.1 Å². The van der Waals surface area contributed by atoms with Crippen molar-refractivity contribution in [3.8, 4) is 5.75 Å². The molecule has 7 heteroatoms. The summed E-state index contributed by atoms with van der Waals surface area (Å²) in [6.45, 7) is 13.5. The third kappa shape index (κ3) is 1.97. The van der Waals surface area contributed by atoms with E-state index >= 15 is 0 Å². The van der Waals surface area contributed by atoms with E-state index in [-0.39, 0.29) is 34.8 Å². The van der Waals surface area contributed by atoms with Crippen LogP contribution in [-0.2, 0) is 15.0 Å². The minimum atomic E-state index is -0.914. The van der Waals surface area contributed by atoms with E-state index in [4.69, 9.17) is 4.74 Å². The monoisotopic (exact) mass is 486 g/mol. The lowest BCUT2D eigenvalue weighted by atomic mass is 9.49. The number of hydrogen-bond donors (Lipinski definition) is 2. The molecule has 0 unspecified atom stereocenters. The van der Waals surface area contributed by atoms with Crippen LogP contribution < -0.4 is 10.1 Å². The average Bonchev–Trinajstić information content (AvgIpc) is 3.46. The molecule has 4 atom stereocenters. The Morgan fingerprint density at radius 2 is 1.83 bits per heavy atom. The summed E-state index contributed by atoms with van der Waals surface area (Å²) in [7, 11) is 0. The average molecular weight is 487 g/mol. The Bertz CT molecular complexity index is 1460. The molecule has 0 saturated carbocycles. The lowest BCUT2D eigenvalue weighted by molar-refractivity contribution is -0.206. The van der Waals surface area contributed by atoms with E-state index in [9.17, 15) is 9.59 Å². The number of carbonyl (C=O) groups is 2. The van der Waals surface area contributed by atoms with Gasteiger partial charge in [0.2, 0.25) is 0 Å². The van der Waals surface area contributed by atoms with Gasteiger partial charge in [-0.15, -0.1) is 0 Å². The fourth-order valence-electron chi connectivity index (χ4n) is 9.10. The number of nitrogens with zero attached hydrogens (tertiary/aromatic N) is 2. The smallest absolute Gasteiger partial charge is 0.251 e. The molecule has 5 saturated heterocycles. The molecule has 2 N–H and O–H groups in total. The molecule has 188 valence electrons. The third-order valence-corrected chi connectivity index (χ3v) is 10.5. The van der Waals surface area contributed by atoms with Crippen LogP contribution in [0.3, 0.4) is 0 Å². The molecule has 2 aromatic rings. The van der Waals surface area contributed by atoms with Crippen LogP contribution in [0.4, 0.5) is 0 Å². The fraction of sp³-hybridized carbons (Fsp3) is 0.586. The number of rotatable bonds is 0. The zero-order chi connectivity index (χ0) is 25.2. The number of ether oxygens (including phenoxy) is 1. The molecule has 6 aliphatic heterocycles. The van der Waals surface area contributed by atoms with Gasteiger partial charge in [0.1, 0.15) is 22.4 Å². The van der Waals surface area contributed by atoms with Crippen LogP contribution in [0, 0.1) is 5.92 Å². The molecule has 7 aliphatic rings. The first-order valence-corrected chi connectivity index (χ1v) is 13.4. The van der Waals surface area contributed by atoms with Crippen molar-refractivity contribution in [1.29, 1.82) is 0 Å². The quantitative estimate of drug-likeness (QED) is 0.591. The molecule has 9 rings (SSSR count). The number of H-pyrrole nitrogens is 1. The zero-order valence-electron chi connectivity index (χ0n) is 21.9. The number of benzene rings is 1. The maximum absolute atomic E-state index is 14.6. The highest BCUT2D eigenvalue weighted by molar-refractivity contribution is 6.08. The molecule has 2 bridgehead atoms. The summed E-state index contributed by atoms with van der Waals surface area (Å²) < 4.78 is 6.29. The van der Waals surface area contributed by atoms with Crippen molar-refractivity contribution in [2.24, 2.45) is 5.92 Å². The van der Waals surface area contributed by atoms with E-state index in [1.165, 1.54) is 5.69 Å². The number of piperazine rings is 1. The molecule has 2 amide bonds. The molecule has 1 aromatic heterocycles. The van der Waals surface area contributed by atoms with Crippen molar-refractivity contribution >= 4 is 28.8 Å². The Morgan fingerprint density at radius 1 is 1.06 bits per heavy atom. The van der Waals surface area contributed by atoms with Gasteiger partial charge in [0.15, 0.2) is 0 Å². The molecule has 1 aromatic carbocycles. The Labute approximate surface area is 211 Å². The Hall–Kier alpha value is -2.80. The van der Waals surface area contributed by atoms with Gasteiger partial charge in [-0.05, 0) is 71.2 Å². The fourth-order valence-corrected chi connectivity index (χ4v) is 9.10. The van der Waals surface area contributed by atoms with Crippen molar-refractivity contribution in [2.45, 2.75) is 94.6 Å². The number of aromatic amines is 1. The largest absolute Gasteiger partial charge is 0.483 e. The number of amides is 2. The number of aromatic nitrogens is 1. The minimum Gasteiger partial charge on any atom is -0.483 e. The second-order valence-electron chi connectivity index (χ2n) is 13.5. The SMILES string of the molecule is CC1(C)C=Cc2c(ccc3c4c([nH]c23)C(C)(C)[C@@H]2C[C@]35CCCN3C(=O)[C@]23[C@H]4NC(C)(C)N3C5=O)O1. The van der Waals surface area contributed by atoms with E-state index in [0.717, 1.165) is 47.0 Å². The molecular formula is C29H34N4O3. The Kier molecular flexibility index (Phi) is 3.37. The number of fused-ring (bicyclic) bond motifs is 6. The van der Waals surface area contributed by atoms with E-state index in [1.54, 1.807) is 0 Å². The van der Waals surface area contributed by atoms with Gasteiger partial charge in [0.25, 0.3) is 11.8 Å². The Morgan fingerprint density at radius 3 is 2.61 bits per heavy atom. The summed E-state index contributed by atoms with van der Waals surface area (Å²) in [4.78, 5) is 36.7. The summed E-state index contributed by atoms with van der Waals surface area (Å²) >= 11 is 0. The first-order chi connectivity index (χ1) is 16.9. The van der Waals surface area contributed by atoms with Crippen LogP contribution in [0.1, 0.15) is 83.7 Å². The first-order valence-electron chi connectivity index (χ1n) is 13.4. The number of hydrogen-bond acceptors (Lipinski definition) is 4. The molecular weight excluding hydrogens is 452 g/mol. The highest BCUT2D eigenvalue weighted by Gasteiger charge is 2.82. The maximum atomic E-state index is 14.6. The van der Waals surface area contributed by atoms with Gasteiger partial charge < -0.3 is 19.5 Å². The topological polar surface area (TPSA) is 77.7 Å². The molecule has 0 radical (unpaired) electrons. The summed E-state index contributed by atoms with van der Waals surface area (Å²) in [6, 6.07) is 3.93. The van der Waals surface area contributed by atoms with Crippen LogP contribution in [0.15, 0.2) is 18.2 Å². The first kappa shape index (κ1) is 21.3. The van der Waals surface area contributed by atoms with Crippen molar-refractivity contribution < 1.29 is 14.3 Å². The van der Waals surface area contributed by atoms with Gasteiger partial charge in [-0.2, -0.15) is 0 Å². The lowest BCUT2D eigenvalue weighted by Crippen LogP contribution is -2.85. The van der Waals surface area contributed by atoms with Crippen molar-refractivity contribution in [3.05, 3.63) is 35.0 Å². The second kappa shape index (κ2) is 5.69. The van der Waals surface area contributed by atoms with Crippen LogP contribution in [0.5, 0.6) is 5.75 Å². The molecule has 7 nitrogen and oxygen atoms in total. The summed E-state index contributed by atoms with van der Waals surface area (Å²) in [5, 5.41) is 4.93. The standard InChI is InChI=1S/C29H34N4O3/c1-25(2)12-10-15-17(36-25)9-8-16-19-21(30-20(15)16)26(3,4)18-14-28-11-7-13-32(28)24(35)29(18)22(19)31-27(5,6)33(29)23(28)34/h8-10,12,18,22,30-31H,7,11,13-14H2,1-6H3/t18-,22-,28-,29+/m0/s1. The van der Waals surface area contributed by atoms with E-state index in [1.807, 2.05) is 9.80 Å². The predicted molar refractivity (Wildman–Crippen MR) is 136 cm³/mol. The van der Waals surface area contributed by atoms with Gasteiger partial charge in [-0.25, -0.2) is 0 Å². The number of nitrogens with one attached hydrogen (secondary N) is 2. The number of piperidine rings is 2. The zero-order valence-corrected chi connectivity index (χ0v) is 21.9. The van der Waals surface area contributed by atoms with Crippen LogP contribution in [-0.4, -0.2) is 55.5 Å². The second-order valence-corrected chi connectivity index (χ2v) is 13.5. The minimum absolute atomic E-state index is 0.0194. The predicted octanol–water partition coefficient (Wildman–Crippen LogP) is 3.99. The molecule has 1 aliphatic carbocycles. The van der Waals surface area contributed by atoms with Crippen molar-refractivity contribution in [2.75, 3.05) is 6.54 Å². The van der Waals surface area contributed by atoms with Gasteiger partial charge in [0.05, 0.1) is 17.2 Å². The van der Waals surface area contributed by atoms with Gasteiger partial charge >= 0.3 is 0 Å². The van der Waals surface area contributed by atoms with Crippen molar-refractivity contribution in [3.63, 3.8) is 0 Å². The summed E-state index contributed by atoms with van der Waals surface area (Å²) in [6.07, 6.45) is 6.67. The molecule has 36 heavy (non-hydrogen) atoms. The van der Waals surface area contributed by atoms with E-state index < -0.39 is 16.7 Å². The highest BCUT2D eigenvalue weighted by atomic mass is 16.5. The Balaban J connectivity index is 1.45. The van der Waals surface area contributed by atoms with E-state index in [0.29, 0.717) is 6.54 Å². The van der Waals surface area contributed by atoms with Crippen LogP contribution in [0.2, 0.25) is 0 Å².